The first-order valence-corrected chi connectivity index (χ1v) is 3.21. The Morgan fingerprint density at radius 1 is 1.70 bits per heavy atom. The predicted molar refractivity (Wildman–Crippen MR) is 42.1 cm³/mol. The van der Waals surface area contributed by atoms with Crippen molar-refractivity contribution in [1.29, 1.82) is 0 Å². The smallest absolute Gasteiger partial charge is 0.234 e. The maximum absolute atomic E-state index is 10.6. The fraction of sp³-hybridized carbons (Fsp3) is 0.833. The number of primary amides is 1. The van der Waals surface area contributed by atoms with Gasteiger partial charge in [-0.25, -0.2) is 0 Å². The number of amides is 1. The normalized spacial score (nSPS) is 25.9. The van der Waals surface area contributed by atoms with Gasteiger partial charge in [0.1, 0.15) is 0 Å². The molecule has 1 rings (SSSR count). The van der Waals surface area contributed by atoms with E-state index >= 15 is 0 Å². The Morgan fingerprint density at radius 3 is 2.50 bits per heavy atom. The minimum Gasteiger partial charge on any atom is -0.368 e. The summed E-state index contributed by atoms with van der Waals surface area (Å²) in [4.78, 5) is 12.6. The van der Waals surface area contributed by atoms with Crippen LogP contribution in [0.1, 0.15) is 12.8 Å². The van der Waals surface area contributed by atoms with Crippen LogP contribution in [0.4, 0.5) is 0 Å². The number of likely N-dealkylation sites (N-methyl/N-ethyl adjacent to an activating group) is 1. The molecule has 2 N–H and O–H groups in total. The van der Waals surface area contributed by atoms with Crippen molar-refractivity contribution in [1.82, 2.24) is 4.90 Å². The van der Waals surface area contributed by atoms with Crippen LogP contribution in [0.2, 0.25) is 0 Å². The zero-order valence-electron chi connectivity index (χ0n) is 6.04. The Kier molecular flexibility index (Phi) is 3.68. The summed E-state index contributed by atoms with van der Waals surface area (Å²) >= 11 is 0. The number of hydrogen-bond acceptors (Lipinski definition) is 2. The van der Waals surface area contributed by atoms with Gasteiger partial charge < -0.3 is 5.73 Å². The molecule has 1 saturated heterocycles. The zero-order chi connectivity index (χ0) is 6.85. The molecule has 0 bridgehead atoms. The van der Waals surface area contributed by atoms with Crippen molar-refractivity contribution in [2.45, 2.75) is 18.9 Å². The van der Waals surface area contributed by atoms with E-state index < -0.39 is 0 Å². The van der Waals surface area contributed by atoms with Crippen molar-refractivity contribution in [3.8, 4) is 0 Å². The molecule has 10 heavy (non-hydrogen) atoms. The summed E-state index contributed by atoms with van der Waals surface area (Å²) in [5.41, 5.74) is 5.11. The quantitative estimate of drug-likeness (QED) is 0.593. The second kappa shape index (κ2) is 3.78. The zero-order valence-corrected chi connectivity index (χ0v) is 6.86. The molecule has 4 heteroatoms. The lowest BCUT2D eigenvalue weighted by atomic mass is 10.2. The SMILES string of the molecule is CN1CCC[C@@H]1C(N)=O.Cl. The molecule has 1 amide bonds. The van der Waals surface area contributed by atoms with E-state index in [-0.39, 0.29) is 24.4 Å². The standard InChI is InChI=1S/C6H12N2O.ClH/c1-8-4-2-3-5(8)6(7)9;/h5H,2-4H2,1H3,(H2,7,9);1H/t5-;/m1./s1. The van der Waals surface area contributed by atoms with Crippen LogP contribution in [-0.4, -0.2) is 30.4 Å². The van der Waals surface area contributed by atoms with Crippen molar-refractivity contribution in [3.05, 3.63) is 0 Å². The summed E-state index contributed by atoms with van der Waals surface area (Å²) in [7, 11) is 1.93. The second-order valence-electron chi connectivity index (χ2n) is 2.54. The van der Waals surface area contributed by atoms with Gasteiger partial charge in [0, 0.05) is 0 Å². The third kappa shape index (κ3) is 1.85. The fourth-order valence-electron chi connectivity index (χ4n) is 1.27. The van der Waals surface area contributed by atoms with Crippen LogP contribution >= 0.6 is 12.4 Å². The first-order chi connectivity index (χ1) is 4.22. The number of rotatable bonds is 1. The molecule has 0 aromatic rings. The fourth-order valence-corrected chi connectivity index (χ4v) is 1.27. The summed E-state index contributed by atoms with van der Waals surface area (Å²) in [5, 5.41) is 0. The van der Waals surface area contributed by atoms with Crippen LogP contribution < -0.4 is 5.73 Å². The molecule has 0 aromatic heterocycles. The molecule has 60 valence electrons. The van der Waals surface area contributed by atoms with E-state index in [0.29, 0.717) is 0 Å². The minimum absolute atomic E-state index is 0. The monoisotopic (exact) mass is 164 g/mol. The lowest BCUT2D eigenvalue weighted by molar-refractivity contribution is -0.121. The topological polar surface area (TPSA) is 46.3 Å². The molecule has 0 aliphatic carbocycles. The summed E-state index contributed by atoms with van der Waals surface area (Å²) in [6, 6.07) is 0.00463. The van der Waals surface area contributed by atoms with E-state index in [4.69, 9.17) is 5.73 Å². The number of halogens is 1. The molecule has 1 atom stereocenters. The van der Waals surface area contributed by atoms with Crippen LogP contribution in [0.15, 0.2) is 0 Å². The van der Waals surface area contributed by atoms with Gasteiger partial charge in [0.2, 0.25) is 5.91 Å². The summed E-state index contributed by atoms with van der Waals surface area (Å²) in [6.07, 6.45) is 2.04. The van der Waals surface area contributed by atoms with Gasteiger partial charge >= 0.3 is 0 Å². The molecule has 0 unspecified atom stereocenters. The van der Waals surface area contributed by atoms with Crippen LogP contribution in [0, 0.1) is 0 Å². The summed E-state index contributed by atoms with van der Waals surface area (Å²) in [5.74, 6) is -0.185. The van der Waals surface area contributed by atoms with E-state index in [9.17, 15) is 4.79 Å². The molecule has 1 aliphatic rings. The Bertz CT molecular complexity index is 129. The largest absolute Gasteiger partial charge is 0.368 e. The molecule has 1 fully saturated rings. The molecular formula is C6H13ClN2O. The van der Waals surface area contributed by atoms with Gasteiger partial charge in [-0.2, -0.15) is 0 Å². The lowest BCUT2D eigenvalue weighted by Crippen LogP contribution is -2.37. The molecule has 0 radical (unpaired) electrons. The summed E-state index contributed by atoms with van der Waals surface area (Å²) < 4.78 is 0. The van der Waals surface area contributed by atoms with Crippen molar-refractivity contribution in [2.75, 3.05) is 13.6 Å². The van der Waals surface area contributed by atoms with Crippen LogP contribution in [-0.2, 0) is 4.79 Å². The van der Waals surface area contributed by atoms with Crippen molar-refractivity contribution >= 4 is 18.3 Å². The van der Waals surface area contributed by atoms with E-state index in [1.54, 1.807) is 0 Å². The second-order valence-corrected chi connectivity index (χ2v) is 2.54. The average molecular weight is 165 g/mol. The molecule has 3 nitrogen and oxygen atoms in total. The Balaban J connectivity index is 0.000000810. The molecule has 0 saturated carbocycles. The highest BCUT2D eigenvalue weighted by molar-refractivity contribution is 5.85. The van der Waals surface area contributed by atoms with E-state index in [1.165, 1.54) is 0 Å². The van der Waals surface area contributed by atoms with Crippen LogP contribution in [0.25, 0.3) is 0 Å². The maximum atomic E-state index is 10.6. The van der Waals surface area contributed by atoms with Gasteiger partial charge in [-0.15, -0.1) is 12.4 Å². The van der Waals surface area contributed by atoms with Gasteiger partial charge in [-0.05, 0) is 26.4 Å². The van der Waals surface area contributed by atoms with Gasteiger partial charge in [0.25, 0.3) is 0 Å². The minimum atomic E-state index is -0.185. The van der Waals surface area contributed by atoms with E-state index in [1.807, 2.05) is 11.9 Å². The Hall–Kier alpha value is -0.280. The van der Waals surface area contributed by atoms with E-state index in [2.05, 4.69) is 0 Å². The highest BCUT2D eigenvalue weighted by atomic mass is 35.5. The van der Waals surface area contributed by atoms with Crippen LogP contribution in [0.3, 0.4) is 0 Å². The molecule has 0 aromatic carbocycles. The summed E-state index contributed by atoms with van der Waals surface area (Å²) in [6.45, 7) is 1.01. The number of nitrogens with zero attached hydrogens (tertiary/aromatic N) is 1. The average Bonchev–Trinajstić information content (AvgIpc) is 2.13. The van der Waals surface area contributed by atoms with E-state index in [0.717, 1.165) is 19.4 Å². The number of carbonyl (C=O) groups excluding carboxylic acids is 1. The highest BCUT2D eigenvalue weighted by Crippen LogP contribution is 2.13. The van der Waals surface area contributed by atoms with Crippen LogP contribution in [0.5, 0.6) is 0 Å². The maximum Gasteiger partial charge on any atom is 0.234 e. The molecule has 1 heterocycles. The Morgan fingerprint density at radius 2 is 2.30 bits per heavy atom. The highest BCUT2D eigenvalue weighted by Gasteiger charge is 2.24. The number of likely N-dealkylation sites (tertiary alicyclic amines) is 1. The van der Waals surface area contributed by atoms with Gasteiger partial charge in [0.15, 0.2) is 0 Å². The third-order valence-electron chi connectivity index (χ3n) is 1.85. The molecule has 0 spiro atoms. The number of nitrogens with two attached hydrogens (primary N) is 1. The van der Waals surface area contributed by atoms with Crippen molar-refractivity contribution in [2.24, 2.45) is 5.73 Å². The van der Waals surface area contributed by atoms with Gasteiger partial charge in [-0.3, -0.25) is 9.69 Å². The molecular weight excluding hydrogens is 152 g/mol. The number of carbonyl (C=O) groups is 1. The van der Waals surface area contributed by atoms with Gasteiger partial charge in [0.05, 0.1) is 6.04 Å². The third-order valence-corrected chi connectivity index (χ3v) is 1.85. The first-order valence-electron chi connectivity index (χ1n) is 3.21. The van der Waals surface area contributed by atoms with Gasteiger partial charge in [-0.1, -0.05) is 0 Å². The van der Waals surface area contributed by atoms with Crippen molar-refractivity contribution < 1.29 is 4.79 Å². The lowest BCUT2D eigenvalue weighted by Gasteiger charge is -2.14. The number of hydrogen-bond donors (Lipinski definition) is 1. The van der Waals surface area contributed by atoms with Crippen molar-refractivity contribution in [3.63, 3.8) is 0 Å². The molecule has 1 aliphatic heterocycles. The predicted octanol–water partition coefficient (Wildman–Crippen LogP) is -0.0123. The Labute approximate surface area is 67.0 Å². The first kappa shape index (κ1) is 9.72.